The summed E-state index contributed by atoms with van der Waals surface area (Å²) in [7, 11) is 0. The van der Waals surface area contributed by atoms with Crippen molar-refractivity contribution in [3.63, 3.8) is 0 Å². The van der Waals surface area contributed by atoms with Crippen LogP contribution in [0.25, 0.3) is 0 Å². The molecular weight excluding hydrogens is 204 g/mol. The van der Waals surface area contributed by atoms with E-state index in [1.54, 1.807) is 0 Å². The maximum atomic E-state index is 10.0. The van der Waals surface area contributed by atoms with Gasteiger partial charge < -0.3 is 9.84 Å². The first kappa shape index (κ1) is 11.6. The van der Waals surface area contributed by atoms with Gasteiger partial charge >= 0.3 is 0 Å². The van der Waals surface area contributed by atoms with Gasteiger partial charge in [-0.1, -0.05) is 0 Å². The molecule has 16 heavy (non-hydrogen) atoms. The second kappa shape index (κ2) is 4.97. The van der Waals surface area contributed by atoms with Crippen LogP contribution in [0.2, 0.25) is 0 Å². The van der Waals surface area contributed by atoms with Crippen molar-refractivity contribution in [2.75, 3.05) is 0 Å². The Morgan fingerprint density at radius 3 is 3.00 bits per heavy atom. The highest BCUT2D eigenvalue weighted by Crippen LogP contribution is 2.23. The molecule has 0 amide bonds. The Hall–Kier alpha value is -0.870. The summed E-state index contributed by atoms with van der Waals surface area (Å²) in [6, 6.07) is 0. The van der Waals surface area contributed by atoms with E-state index in [0.717, 1.165) is 24.9 Å². The van der Waals surface area contributed by atoms with Gasteiger partial charge in [-0.15, -0.1) is 0 Å². The van der Waals surface area contributed by atoms with Crippen molar-refractivity contribution in [3.8, 4) is 0 Å². The second-order valence-electron chi connectivity index (χ2n) is 4.54. The molecule has 0 spiro atoms. The zero-order chi connectivity index (χ0) is 11.5. The van der Waals surface area contributed by atoms with Crippen LogP contribution in [0.3, 0.4) is 0 Å². The number of hydrogen-bond donors (Lipinski definition) is 1. The van der Waals surface area contributed by atoms with Crippen molar-refractivity contribution >= 4 is 0 Å². The third-order valence-electron chi connectivity index (χ3n) is 3.15. The fourth-order valence-corrected chi connectivity index (χ4v) is 2.17. The van der Waals surface area contributed by atoms with Crippen LogP contribution in [-0.2, 0) is 17.7 Å². The average Bonchev–Trinajstić information content (AvgIpc) is 2.87. The molecule has 1 saturated heterocycles. The van der Waals surface area contributed by atoms with Gasteiger partial charge in [0.2, 0.25) is 0 Å². The number of aromatic nitrogens is 2. The fraction of sp³-hybridized carbons (Fsp3) is 0.750. The van der Waals surface area contributed by atoms with Crippen molar-refractivity contribution in [3.05, 3.63) is 18.0 Å². The van der Waals surface area contributed by atoms with E-state index in [1.807, 2.05) is 17.1 Å². The lowest BCUT2D eigenvalue weighted by Crippen LogP contribution is -2.27. The standard InChI is InChI=1S/C12H20N2O2/c1-3-14-8-10(7-13-14)6-11(15)12-5-4-9(2)16-12/h7-9,11-12,15H,3-6H2,1-2H3. The predicted molar refractivity (Wildman–Crippen MR) is 61.2 cm³/mol. The minimum absolute atomic E-state index is 0.0000217. The molecule has 2 rings (SSSR count). The molecule has 0 aliphatic carbocycles. The number of aryl methyl sites for hydroxylation is 1. The molecule has 1 N–H and O–H groups in total. The Morgan fingerprint density at radius 1 is 1.62 bits per heavy atom. The first-order valence-electron chi connectivity index (χ1n) is 6.04. The molecule has 2 heterocycles. The number of ether oxygens (including phenoxy) is 1. The van der Waals surface area contributed by atoms with E-state index in [1.165, 1.54) is 0 Å². The van der Waals surface area contributed by atoms with E-state index in [4.69, 9.17) is 4.74 Å². The van der Waals surface area contributed by atoms with Gasteiger partial charge in [0.1, 0.15) is 0 Å². The Balaban J connectivity index is 1.89. The number of rotatable bonds is 4. The van der Waals surface area contributed by atoms with E-state index < -0.39 is 6.10 Å². The molecule has 4 nitrogen and oxygen atoms in total. The minimum atomic E-state index is -0.403. The van der Waals surface area contributed by atoms with Crippen molar-refractivity contribution < 1.29 is 9.84 Å². The summed E-state index contributed by atoms with van der Waals surface area (Å²) in [6.45, 7) is 4.98. The van der Waals surface area contributed by atoms with Crippen LogP contribution < -0.4 is 0 Å². The van der Waals surface area contributed by atoms with E-state index in [0.29, 0.717) is 6.42 Å². The van der Waals surface area contributed by atoms with Crippen LogP contribution in [0.4, 0.5) is 0 Å². The Morgan fingerprint density at radius 2 is 2.44 bits per heavy atom. The van der Waals surface area contributed by atoms with Crippen molar-refractivity contribution in [2.24, 2.45) is 0 Å². The van der Waals surface area contributed by atoms with Crippen molar-refractivity contribution in [1.82, 2.24) is 9.78 Å². The Labute approximate surface area is 96.2 Å². The first-order chi connectivity index (χ1) is 7.69. The first-order valence-corrected chi connectivity index (χ1v) is 6.04. The van der Waals surface area contributed by atoms with Crippen LogP contribution in [0.15, 0.2) is 12.4 Å². The van der Waals surface area contributed by atoms with Gasteiger partial charge in [-0.05, 0) is 32.3 Å². The number of aliphatic hydroxyl groups excluding tert-OH is 1. The molecule has 1 fully saturated rings. The molecule has 90 valence electrons. The van der Waals surface area contributed by atoms with E-state index in [9.17, 15) is 5.11 Å². The summed E-state index contributed by atoms with van der Waals surface area (Å²) >= 11 is 0. The predicted octanol–water partition coefficient (Wildman–Crippen LogP) is 1.37. The topological polar surface area (TPSA) is 47.3 Å². The lowest BCUT2D eigenvalue weighted by molar-refractivity contribution is -0.0278. The van der Waals surface area contributed by atoms with Gasteiger partial charge in [0.25, 0.3) is 0 Å². The molecule has 1 aliphatic rings. The molecule has 1 aromatic heterocycles. The molecule has 1 aromatic rings. The zero-order valence-corrected chi connectivity index (χ0v) is 9.97. The lowest BCUT2D eigenvalue weighted by atomic mass is 10.0. The molecular formula is C12H20N2O2. The summed E-state index contributed by atoms with van der Waals surface area (Å²) in [5, 5.41) is 14.2. The molecule has 1 aliphatic heterocycles. The SMILES string of the molecule is CCn1cc(CC(O)C2CCC(C)O2)cn1. The van der Waals surface area contributed by atoms with Gasteiger partial charge in [-0.2, -0.15) is 5.10 Å². The van der Waals surface area contributed by atoms with Crippen LogP contribution in [0.5, 0.6) is 0 Å². The number of aliphatic hydroxyl groups is 1. The number of nitrogens with zero attached hydrogens (tertiary/aromatic N) is 2. The maximum absolute atomic E-state index is 10.0. The molecule has 0 bridgehead atoms. The fourth-order valence-electron chi connectivity index (χ4n) is 2.17. The maximum Gasteiger partial charge on any atom is 0.0843 e. The molecule has 3 unspecified atom stereocenters. The van der Waals surface area contributed by atoms with E-state index >= 15 is 0 Å². The highest BCUT2D eigenvalue weighted by Gasteiger charge is 2.28. The quantitative estimate of drug-likeness (QED) is 0.840. The largest absolute Gasteiger partial charge is 0.390 e. The molecule has 4 heteroatoms. The highest BCUT2D eigenvalue weighted by molar-refractivity contribution is 5.06. The van der Waals surface area contributed by atoms with Crippen LogP contribution in [0.1, 0.15) is 32.3 Å². The van der Waals surface area contributed by atoms with Gasteiger partial charge in [0.15, 0.2) is 0 Å². The molecule has 0 aromatic carbocycles. The van der Waals surface area contributed by atoms with E-state index in [2.05, 4.69) is 18.9 Å². The average molecular weight is 224 g/mol. The van der Waals surface area contributed by atoms with Crippen LogP contribution in [0, 0.1) is 0 Å². The number of hydrogen-bond acceptors (Lipinski definition) is 3. The monoisotopic (exact) mass is 224 g/mol. The third-order valence-corrected chi connectivity index (χ3v) is 3.15. The zero-order valence-electron chi connectivity index (χ0n) is 9.97. The van der Waals surface area contributed by atoms with Crippen LogP contribution >= 0.6 is 0 Å². The summed E-state index contributed by atoms with van der Waals surface area (Å²) < 4.78 is 7.53. The van der Waals surface area contributed by atoms with Gasteiger partial charge in [-0.25, -0.2) is 0 Å². The molecule has 3 atom stereocenters. The summed E-state index contributed by atoms with van der Waals surface area (Å²) in [5.41, 5.74) is 1.08. The highest BCUT2D eigenvalue weighted by atomic mass is 16.5. The van der Waals surface area contributed by atoms with Crippen molar-refractivity contribution in [1.29, 1.82) is 0 Å². The summed E-state index contributed by atoms with van der Waals surface area (Å²) in [5.74, 6) is 0. The third kappa shape index (κ3) is 2.62. The smallest absolute Gasteiger partial charge is 0.0843 e. The summed E-state index contributed by atoms with van der Waals surface area (Å²) in [6.07, 6.45) is 6.35. The van der Waals surface area contributed by atoms with Gasteiger partial charge in [-0.3, -0.25) is 4.68 Å². The van der Waals surface area contributed by atoms with E-state index in [-0.39, 0.29) is 12.2 Å². The normalized spacial score (nSPS) is 27.2. The minimum Gasteiger partial charge on any atom is -0.390 e. The van der Waals surface area contributed by atoms with Gasteiger partial charge in [0, 0.05) is 19.2 Å². The second-order valence-corrected chi connectivity index (χ2v) is 4.54. The lowest BCUT2D eigenvalue weighted by Gasteiger charge is -2.17. The summed E-state index contributed by atoms with van der Waals surface area (Å²) in [4.78, 5) is 0. The molecule has 0 radical (unpaired) electrons. The van der Waals surface area contributed by atoms with Crippen molar-refractivity contribution in [2.45, 2.75) is 58.0 Å². The molecule has 0 saturated carbocycles. The van der Waals surface area contributed by atoms with Gasteiger partial charge in [0.05, 0.1) is 24.5 Å². The van der Waals surface area contributed by atoms with Crippen LogP contribution in [-0.4, -0.2) is 33.2 Å². The Kier molecular flexibility index (Phi) is 3.61. The Bertz CT molecular complexity index is 338.